The molecule has 2 saturated heterocycles. The van der Waals surface area contributed by atoms with Gasteiger partial charge in [0.1, 0.15) is 23.9 Å². The van der Waals surface area contributed by atoms with E-state index in [2.05, 4.69) is 19.8 Å². The summed E-state index contributed by atoms with van der Waals surface area (Å²) in [4.78, 5) is 50.0. The van der Waals surface area contributed by atoms with Gasteiger partial charge in [-0.3, -0.25) is 14.4 Å². The number of halogens is 1. The number of fused-ring (bicyclic) bond motifs is 1. The number of nitrogens with zero attached hydrogens (tertiary/aromatic N) is 4. The van der Waals surface area contributed by atoms with Gasteiger partial charge in [0.05, 0.1) is 0 Å². The van der Waals surface area contributed by atoms with Crippen molar-refractivity contribution in [2.24, 2.45) is 10.6 Å². The van der Waals surface area contributed by atoms with Crippen molar-refractivity contribution in [3.05, 3.63) is 77.6 Å². The van der Waals surface area contributed by atoms with Gasteiger partial charge in [-0.25, -0.2) is 0 Å². The number of nitrogen functional groups attached to an aromatic ring is 1. The Labute approximate surface area is 243 Å². The van der Waals surface area contributed by atoms with Crippen molar-refractivity contribution in [3.8, 4) is 0 Å². The number of alkyl halides is 1. The summed E-state index contributed by atoms with van der Waals surface area (Å²) in [5, 5.41) is 6.15. The minimum atomic E-state index is -1.13. The lowest BCUT2D eigenvalue weighted by Gasteiger charge is -2.53. The fraction of sp³-hybridized carbons (Fsp3) is 0.308. The summed E-state index contributed by atoms with van der Waals surface area (Å²) in [5.41, 5.74) is 5.94. The first-order chi connectivity index (χ1) is 19.4. The lowest BCUT2D eigenvalue weighted by Crippen LogP contribution is -2.74. The molecule has 2 fully saturated rings. The van der Waals surface area contributed by atoms with E-state index < -0.39 is 34.8 Å². The molecular weight excluding hydrogens is 576 g/mol. The van der Waals surface area contributed by atoms with Crippen LogP contribution in [0.15, 0.2) is 65.8 Å². The van der Waals surface area contributed by atoms with Gasteiger partial charge in [0.2, 0.25) is 17.4 Å². The van der Waals surface area contributed by atoms with Crippen LogP contribution in [0.3, 0.4) is 0 Å². The number of nitrogens with two attached hydrogens (primary N) is 1. The Bertz CT molecular complexity index is 1390. The molecule has 0 bridgehead atoms. The molecule has 2 amide bonds. The van der Waals surface area contributed by atoms with Gasteiger partial charge in [0.15, 0.2) is 11.2 Å². The predicted molar refractivity (Wildman–Crippen MR) is 152 cm³/mol. The summed E-state index contributed by atoms with van der Waals surface area (Å²) in [6.45, 7) is 0.0672. The van der Waals surface area contributed by atoms with Crippen LogP contribution in [-0.2, 0) is 24.0 Å². The monoisotopic (exact) mass is 600 g/mol. The highest BCUT2D eigenvalue weighted by molar-refractivity contribution is 8.00. The van der Waals surface area contributed by atoms with Crippen LogP contribution in [0.4, 0.5) is 5.13 Å². The highest BCUT2D eigenvalue weighted by Crippen LogP contribution is 2.44. The highest BCUT2D eigenvalue weighted by atomic mass is 35.5. The number of benzene rings is 2. The fourth-order valence-electron chi connectivity index (χ4n) is 4.52. The standard InChI is InChI=1S/C26H25ClN6O5S2/c1-37-31-17(20-30-25(28)40-32-20)21(34)29-18-22(35)33-13-26(12-27,14-39-23(18)33)24(36)38-19(15-8-4-2-5-9-15)16-10-6-3-7-11-16/h2-11,18-19,23H,12-14H2,1H3,(H,29,34)(H2,28,30,32)/t18?,23-,26?/m1/s1. The second-order valence-corrected chi connectivity index (χ2v) is 11.4. The largest absolute Gasteiger partial charge is 0.452 e. The number of hydrogen-bond acceptors (Lipinski definition) is 11. The first kappa shape index (κ1) is 27.9. The maximum atomic E-state index is 13.7. The smallest absolute Gasteiger partial charge is 0.316 e. The zero-order valence-electron chi connectivity index (χ0n) is 21.2. The highest BCUT2D eigenvalue weighted by Gasteiger charge is 2.58. The van der Waals surface area contributed by atoms with Gasteiger partial charge in [0.25, 0.3) is 5.91 Å². The van der Waals surface area contributed by atoms with Gasteiger partial charge in [-0.2, -0.15) is 9.36 Å². The van der Waals surface area contributed by atoms with Gasteiger partial charge in [-0.1, -0.05) is 65.8 Å². The van der Waals surface area contributed by atoms with Gasteiger partial charge in [0, 0.05) is 29.7 Å². The maximum Gasteiger partial charge on any atom is 0.316 e. The number of carbonyl (C=O) groups excluding carboxylic acids is 3. The number of nitrogens with one attached hydrogen (secondary N) is 1. The summed E-state index contributed by atoms with van der Waals surface area (Å²) in [6, 6.07) is 18.1. The molecule has 2 aliphatic rings. The molecule has 11 nitrogen and oxygen atoms in total. The molecule has 40 heavy (non-hydrogen) atoms. The Morgan fingerprint density at radius 2 is 1.85 bits per heavy atom. The van der Waals surface area contributed by atoms with Gasteiger partial charge in [-0.05, 0) is 11.1 Å². The topological polar surface area (TPSA) is 149 Å². The van der Waals surface area contributed by atoms with Crippen LogP contribution in [0, 0.1) is 5.41 Å². The predicted octanol–water partition coefficient (Wildman–Crippen LogP) is 2.43. The summed E-state index contributed by atoms with van der Waals surface area (Å²) in [7, 11) is 1.28. The molecule has 3 heterocycles. The van der Waals surface area contributed by atoms with Crippen molar-refractivity contribution in [1.82, 2.24) is 19.6 Å². The number of amides is 2. The van der Waals surface area contributed by atoms with Crippen LogP contribution in [-0.4, -0.2) is 74.5 Å². The van der Waals surface area contributed by atoms with E-state index in [9.17, 15) is 14.4 Å². The van der Waals surface area contributed by atoms with E-state index >= 15 is 0 Å². The first-order valence-corrected chi connectivity index (χ1v) is 14.5. The zero-order chi connectivity index (χ0) is 28.3. The van der Waals surface area contributed by atoms with Crippen LogP contribution in [0.1, 0.15) is 23.1 Å². The van der Waals surface area contributed by atoms with Crippen LogP contribution in [0.2, 0.25) is 0 Å². The molecule has 0 saturated carbocycles. The molecule has 14 heteroatoms. The molecule has 2 unspecified atom stereocenters. The maximum absolute atomic E-state index is 13.7. The Kier molecular flexibility index (Phi) is 8.24. The van der Waals surface area contributed by atoms with Gasteiger partial charge >= 0.3 is 5.97 Å². The molecule has 2 aliphatic heterocycles. The quantitative estimate of drug-likeness (QED) is 0.124. The SMILES string of the molecule is CON=C(C(=O)NC1C(=O)N2CC(CCl)(C(=O)OC(c3ccccc3)c3ccccc3)CS[C@H]12)c1nsc(N)n1. The Morgan fingerprint density at radius 3 is 2.40 bits per heavy atom. The third-order valence-corrected chi connectivity index (χ3v) is 9.24. The summed E-state index contributed by atoms with van der Waals surface area (Å²) in [6.07, 6.45) is -0.635. The van der Waals surface area contributed by atoms with Crippen LogP contribution < -0.4 is 11.1 Å². The number of aromatic nitrogens is 2. The summed E-state index contributed by atoms with van der Waals surface area (Å²) in [5.74, 6) is -1.26. The van der Waals surface area contributed by atoms with Gasteiger partial charge in [-0.15, -0.1) is 23.4 Å². The Morgan fingerprint density at radius 1 is 1.20 bits per heavy atom. The fourth-order valence-corrected chi connectivity index (χ4v) is 6.89. The van der Waals surface area contributed by atoms with E-state index in [1.54, 1.807) is 0 Å². The Balaban J connectivity index is 1.29. The van der Waals surface area contributed by atoms with E-state index in [4.69, 9.17) is 26.9 Å². The zero-order valence-corrected chi connectivity index (χ0v) is 23.6. The van der Waals surface area contributed by atoms with Crippen LogP contribution in [0.5, 0.6) is 0 Å². The minimum Gasteiger partial charge on any atom is -0.452 e. The number of ether oxygens (including phenoxy) is 1. The van der Waals surface area contributed by atoms with E-state index in [0.717, 1.165) is 22.7 Å². The minimum absolute atomic E-state index is 0.00272. The van der Waals surface area contributed by atoms with Crippen molar-refractivity contribution in [3.63, 3.8) is 0 Å². The molecule has 3 N–H and O–H groups in total. The molecule has 3 atom stereocenters. The lowest BCUT2D eigenvalue weighted by atomic mass is 9.88. The van der Waals surface area contributed by atoms with Crippen molar-refractivity contribution >= 4 is 63.5 Å². The molecule has 0 radical (unpaired) electrons. The summed E-state index contributed by atoms with van der Waals surface area (Å²) < 4.78 is 10.1. The van der Waals surface area contributed by atoms with E-state index in [1.165, 1.54) is 23.8 Å². The summed E-state index contributed by atoms with van der Waals surface area (Å²) >= 11 is 8.64. The molecule has 0 spiro atoms. The number of oxime groups is 1. The normalized spacial score (nSPS) is 22.3. The average Bonchev–Trinajstić information content (AvgIpc) is 3.43. The number of thioether (sulfide) groups is 1. The third kappa shape index (κ3) is 5.36. The van der Waals surface area contributed by atoms with E-state index in [0.29, 0.717) is 5.75 Å². The second-order valence-electron chi connectivity index (χ2n) is 9.22. The second kappa shape index (κ2) is 11.8. The van der Waals surface area contributed by atoms with Crippen molar-refractivity contribution in [1.29, 1.82) is 0 Å². The van der Waals surface area contributed by atoms with Crippen LogP contribution in [0.25, 0.3) is 0 Å². The van der Waals surface area contributed by atoms with E-state index in [-0.39, 0.29) is 35.0 Å². The number of rotatable bonds is 9. The van der Waals surface area contributed by atoms with Crippen molar-refractivity contribution in [2.75, 3.05) is 31.0 Å². The van der Waals surface area contributed by atoms with Crippen molar-refractivity contribution < 1.29 is 24.0 Å². The molecule has 3 aromatic rings. The number of anilines is 1. The lowest BCUT2D eigenvalue weighted by molar-refractivity contribution is -0.164. The van der Waals surface area contributed by atoms with Crippen LogP contribution >= 0.6 is 34.9 Å². The molecule has 1 aromatic heterocycles. The third-order valence-electron chi connectivity index (χ3n) is 6.60. The van der Waals surface area contributed by atoms with Gasteiger partial charge < -0.3 is 25.5 Å². The van der Waals surface area contributed by atoms with Crippen molar-refractivity contribution in [2.45, 2.75) is 17.5 Å². The number of β-lactam (4-membered cyclic amide) rings is 1. The number of carbonyl (C=O) groups is 3. The first-order valence-electron chi connectivity index (χ1n) is 12.2. The molecule has 208 valence electrons. The molecular formula is C26H25ClN6O5S2. The van der Waals surface area contributed by atoms with E-state index in [1.807, 2.05) is 60.7 Å². The number of esters is 1. The molecule has 2 aromatic carbocycles. The molecule has 0 aliphatic carbocycles. The molecule has 5 rings (SSSR count). The Hall–Kier alpha value is -3.68. The number of hydrogen-bond donors (Lipinski definition) is 2. The average molecular weight is 601 g/mol.